The quantitative estimate of drug-likeness (QED) is 0.835. The molecule has 0 aromatic heterocycles. The molecule has 126 valence electrons. The number of nitrogens with zero attached hydrogens (tertiary/aromatic N) is 2. The molecule has 0 spiro atoms. The molecule has 2 atom stereocenters. The fraction of sp³-hybridized carbons (Fsp3) is 0.238. The lowest BCUT2D eigenvalue weighted by atomic mass is 9.78. The van der Waals surface area contributed by atoms with Crippen LogP contribution in [0.25, 0.3) is 0 Å². The minimum atomic E-state index is -0.470. The van der Waals surface area contributed by atoms with Crippen LogP contribution in [0.15, 0.2) is 72.4 Å². The van der Waals surface area contributed by atoms with E-state index in [9.17, 15) is 10.1 Å². The highest BCUT2D eigenvalue weighted by atomic mass is 16.6. The standard InChI is InChI=1S/C21H20N2O2/c1-2-25-21(24)23-15-20(17-11-7-4-8-12-17)19(13-18(23)14-22)16-9-5-3-6-10-16/h3-13,19-20H,2,15H2,1H3/t19-,20-/m0/s1. The smallest absolute Gasteiger partial charge is 0.414 e. The summed E-state index contributed by atoms with van der Waals surface area (Å²) in [7, 11) is 0. The maximum absolute atomic E-state index is 12.3. The van der Waals surface area contributed by atoms with Crippen LogP contribution in [-0.2, 0) is 4.74 Å². The van der Waals surface area contributed by atoms with Crippen LogP contribution in [-0.4, -0.2) is 24.1 Å². The highest BCUT2D eigenvalue weighted by Gasteiger charge is 2.34. The van der Waals surface area contributed by atoms with Crippen molar-refractivity contribution in [1.82, 2.24) is 4.90 Å². The number of nitriles is 1. The maximum atomic E-state index is 12.3. The zero-order valence-electron chi connectivity index (χ0n) is 14.1. The van der Waals surface area contributed by atoms with E-state index in [0.717, 1.165) is 11.1 Å². The third-order valence-electron chi connectivity index (χ3n) is 4.46. The number of ether oxygens (including phenoxy) is 1. The van der Waals surface area contributed by atoms with Crippen molar-refractivity contribution in [3.05, 3.63) is 83.6 Å². The van der Waals surface area contributed by atoms with Gasteiger partial charge in [0.2, 0.25) is 0 Å². The van der Waals surface area contributed by atoms with Gasteiger partial charge in [-0.15, -0.1) is 0 Å². The van der Waals surface area contributed by atoms with E-state index >= 15 is 0 Å². The summed E-state index contributed by atoms with van der Waals surface area (Å²) >= 11 is 0. The first-order valence-corrected chi connectivity index (χ1v) is 8.40. The summed E-state index contributed by atoms with van der Waals surface area (Å²) in [6, 6.07) is 22.3. The third kappa shape index (κ3) is 3.56. The fourth-order valence-electron chi connectivity index (χ4n) is 3.27. The first kappa shape index (κ1) is 16.8. The Labute approximate surface area is 148 Å². The lowest BCUT2D eigenvalue weighted by molar-refractivity contribution is 0.115. The predicted molar refractivity (Wildman–Crippen MR) is 95.8 cm³/mol. The van der Waals surface area contributed by atoms with Crippen molar-refractivity contribution in [2.45, 2.75) is 18.8 Å². The van der Waals surface area contributed by atoms with Crippen molar-refractivity contribution in [2.24, 2.45) is 0 Å². The van der Waals surface area contributed by atoms with E-state index in [0.29, 0.717) is 12.2 Å². The summed E-state index contributed by atoms with van der Waals surface area (Å²) in [6.45, 7) is 2.47. The minimum absolute atomic E-state index is 0.0314. The van der Waals surface area contributed by atoms with Crippen molar-refractivity contribution in [2.75, 3.05) is 13.2 Å². The Bertz CT molecular complexity index is 794. The average molecular weight is 332 g/mol. The van der Waals surface area contributed by atoms with Gasteiger partial charge in [-0.25, -0.2) is 4.79 Å². The van der Waals surface area contributed by atoms with Gasteiger partial charge in [-0.1, -0.05) is 60.7 Å². The molecule has 4 heteroatoms. The van der Waals surface area contributed by atoms with E-state index in [-0.39, 0.29) is 18.4 Å². The molecular formula is C21H20N2O2. The molecule has 0 saturated carbocycles. The van der Waals surface area contributed by atoms with Gasteiger partial charge >= 0.3 is 6.09 Å². The molecule has 0 fully saturated rings. The number of hydrogen-bond donors (Lipinski definition) is 0. The van der Waals surface area contributed by atoms with Gasteiger partial charge < -0.3 is 4.74 Å². The molecule has 2 aromatic rings. The summed E-state index contributed by atoms with van der Waals surface area (Å²) in [5.41, 5.74) is 2.62. The molecule has 1 heterocycles. The molecule has 0 bridgehead atoms. The molecule has 25 heavy (non-hydrogen) atoms. The molecule has 0 unspecified atom stereocenters. The monoisotopic (exact) mass is 332 g/mol. The van der Waals surface area contributed by atoms with E-state index in [2.05, 4.69) is 30.3 Å². The van der Waals surface area contributed by atoms with E-state index in [1.54, 1.807) is 6.92 Å². The van der Waals surface area contributed by atoms with Crippen molar-refractivity contribution in [3.8, 4) is 6.07 Å². The van der Waals surface area contributed by atoms with Gasteiger partial charge in [0, 0.05) is 18.4 Å². The molecule has 1 aliphatic rings. The molecule has 0 radical (unpaired) electrons. The van der Waals surface area contributed by atoms with Crippen LogP contribution in [0.1, 0.15) is 29.9 Å². The normalized spacial score (nSPS) is 19.7. The Hall–Kier alpha value is -3.06. The second kappa shape index (κ2) is 7.67. The second-order valence-electron chi connectivity index (χ2n) is 5.93. The predicted octanol–water partition coefficient (Wildman–Crippen LogP) is 4.43. The number of hydrogen-bond acceptors (Lipinski definition) is 3. The van der Waals surface area contributed by atoms with E-state index < -0.39 is 6.09 Å². The van der Waals surface area contributed by atoms with Crippen LogP contribution in [0.2, 0.25) is 0 Å². The van der Waals surface area contributed by atoms with Gasteiger partial charge in [-0.3, -0.25) is 4.90 Å². The largest absolute Gasteiger partial charge is 0.449 e. The Morgan fingerprint density at radius 1 is 1.12 bits per heavy atom. The zero-order valence-corrected chi connectivity index (χ0v) is 14.1. The van der Waals surface area contributed by atoms with Gasteiger partial charge in [-0.2, -0.15) is 5.26 Å². The first-order valence-electron chi connectivity index (χ1n) is 8.40. The lowest BCUT2D eigenvalue weighted by Gasteiger charge is -2.35. The number of carbonyl (C=O) groups is 1. The van der Waals surface area contributed by atoms with Crippen molar-refractivity contribution in [3.63, 3.8) is 0 Å². The van der Waals surface area contributed by atoms with E-state index in [1.165, 1.54) is 4.90 Å². The third-order valence-corrected chi connectivity index (χ3v) is 4.46. The lowest BCUT2D eigenvalue weighted by Crippen LogP contribution is -2.39. The molecule has 0 saturated heterocycles. The summed E-state index contributed by atoms with van der Waals surface area (Å²) < 4.78 is 5.13. The Balaban J connectivity index is 2.05. The molecular weight excluding hydrogens is 312 g/mol. The van der Waals surface area contributed by atoms with Crippen molar-refractivity contribution in [1.29, 1.82) is 5.26 Å². The van der Waals surface area contributed by atoms with Gasteiger partial charge in [0.25, 0.3) is 0 Å². The molecule has 2 aromatic carbocycles. The number of allylic oxidation sites excluding steroid dienone is 2. The van der Waals surface area contributed by atoms with Crippen LogP contribution in [0.5, 0.6) is 0 Å². The van der Waals surface area contributed by atoms with Gasteiger partial charge in [0.05, 0.1) is 6.61 Å². The maximum Gasteiger partial charge on any atom is 0.414 e. The van der Waals surface area contributed by atoms with Crippen LogP contribution in [0, 0.1) is 11.3 Å². The molecule has 1 aliphatic heterocycles. The Morgan fingerprint density at radius 2 is 1.72 bits per heavy atom. The van der Waals surface area contributed by atoms with Crippen LogP contribution >= 0.6 is 0 Å². The van der Waals surface area contributed by atoms with E-state index in [1.807, 2.05) is 42.5 Å². The highest BCUT2D eigenvalue weighted by molar-refractivity contribution is 5.72. The van der Waals surface area contributed by atoms with Gasteiger partial charge in [0.15, 0.2) is 0 Å². The van der Waals surface area contributed by atoms with Gasteiger partial charge in [0.1, 0.15) is 11.8 Å². The Kier molecular flexibility index (Phi) is 5.15. The summed E-state index contributed by atoms with van der Waals surface area (Å²) in [5, 5.41) is 9.53. The first-order chi connectivity index (χ1) is 12.2. The second-order valence-corrected chi connectivity index (χ2v) is 5.93. The summed E-state index contributed by atoms with van der Waals surface area (Å²) in [4.78, 5) is 13.7. The molecule has 4 nitrogen and oxygen atoms in total. The summed E-state index contributed by atoms with van der Waals surface area (Å²) in [6.07, 6.45) is 1.41. The number of amides is 1. The number of rotatable bonds is 3. The topological polar surface area (TPSA) is 53.3 Å². The van der Waals surface area contributed by atoms with Crippen LogP contribution < -0.4 is 0 Å². The molecule has 1 amide bonds. The fourth-order valence-corrected chi connectivity index (χ4v) is 3.27. The van der Waals surface area contributed by atoms with Crippen LogP contribution in [0.4, 0.5) is 4.79 Å². The summed E-state index contributed by atoms with van der Waals surface area (Å²) in [5.74, 6) is 0.0917. The van der Waals surface area contributed by atoms with Crippen LogP contribution in [0.3, 0.4) is 0 Å². The molecule has 0 N–H and O–H groups in total. The number of benzene rings is 2. The molecule has 3 rings (SSSR count). The Morgan fingerprint density at radius 3 is 2.28 bits per heavy atom. The average Bonchev–Trinajstić information content (AvgIpc) is 2.68. The minimum Gasteiger partial charge on any atom is -0.449 e. The molecule has 0 aliphatic carbocycles. The van der Waals surface area contributed by atoms with Gasteiger partial charge in [-0.05, 0) is 24.1 Å². The van der Waals surface area contributed by atoms with E-state index in [4.69, 9.17) is 4.74 Å². The SMILES string of the molecule is CCOC(=O)N1C[C@@H](c2ccccc2)[C@H](c2ccccc2)C=C1C#N. The highest BCUT2D eigenvalue weighted by Crippen LogP contribution is 2.39. The zero-order chi connectivity index (χ0) is 17.6. The van der Waals surface area contributed by atoms with Crippen molar-refractivity contribution >= 4 is 6.09 Å². The van der Waals surface area contributed by atoms with Crippen molar-refractivity contribution < 1.29 is 9.53 Å². The number of carbonyl (C=O) groups excluding carboxylic acids is 1.